The van der Waals surface area contributed by atoms with Crippen LogP contribution in [0.5, 0.6) is 5.88 Å². The van der Waals surface area contributed by atoms with Crippen LogP contribution < -0.4 is 10.5 Å². The van der Waals surface area contributed by atoms with Crippen molar-refractivity contribution in [1.29, 1.82) is 0 Å². The van der Waals surface area contributed by atoms with Gasteiger partial charge >= 0.3 is 6.09 Å². The summed E-state index contributed by atoms with van der Waals surface area (Å²) in [6.45, 7) is 0.395. The average Bonchev–Trinajstić information content (AvgIpc) is 3.34. The first-order valence-corrected chi connectivity index (χ1v) is 8.90. The van der Waals surface area contributed by atoms with Crippen LogP contribution in [0.25, 0.3) is 21.3 Å². The van der Waals surface area contributed by atoms with E-state index in [1.807, 2.05) is 13.2 Å². The van der Waals surface area contributed by atoms with E-state index in [1.54, 1.807) is 24.2 Å². The Morgan fingerprint density at radius 2 is 2.26 bits per heavy atom. The number of halogens is 1. The molecule has 4 rings (SSSR count). The first kappa shape index (κ1) is 18.8. The number of methoxy groups -OCH3 is 1. The van der Waals surface area contributed by atoms with Crippen molar-refractivity contribution in [2.24, 2.45) is 7.05 Å². The lowest BCUT2D eigenvalue weighted by molar-refractivity contribution is 0.152. The van der Waals surface area contributed by atoms with Crippen molar-refractivity contribution >= 4 is 32.8 Å². The van der Waals surface area contributed by atoms with Crippen molar-refractivity contribution in [2.75, 3.05) is 25.9 Å². The van der Waals surface area contributed by atoms with Gasteiger partial charge in [0.25, 0.3) is 0 Å². The maximum absolute atomic E-state index is 12.2. The number of nitrogens with zero attached hydrogens (tertiary/aromatic N) is 5. The van der Waals surface area contributed by atoms with E-state index < -0.39 is 12.3 Å². The maximum Gasteiger partial charge on any atom is 0.407 e. The monoisotopic (exact) mass is 394 g/mol. The molecule has 3 aromatic heterocycles. The molecule has 1 fully saturated rings. The molecule has 0 aromatic carbocycles. The summed E-state index contributed by atoms with van der Waals surface area (Å²) in [5.41, 5.74) is 8.42. The molecule has 27 heavy (non-hydrogen) atoms. The number of nitrogens with two attached hydrogens (primary N) is 1. The van der Waals surface area contributed by atoms with Gasteiger partial charge in [0.15, 0.2) is 5.13 Å². The molecule has 0 saturated carbocycles. The molecule has 144 valence electrons. The highest BCUT2D eigenvalue weighted by Crippen LogP contribution is 2.36. The first-order chi connectivity index (χ1) is 12.9. The van der Waals surface area contributed by atoms with Crippen LogP contribution in [0.3, 0.4) is 0 Å². The van der Waals surface area contributed by atoms with Crippen molar-refractivity contribution in [1.82, 2.24) is 24.6 Å². The Hall–Kier alpha value is -2.95. The number of aromatic nitrogens is 4. The van der Waals surface area contributed by atoms with Crippen molar-refractivity contribution < 1.29 is 19.0 Å². The highest BCUT2D eigenvalue weighted by Gasteiger charge is 2.24. The van der Waals surface area contributed by atoms with Gasteiger partial charge in [0.05, 0.1) is 24.6 Å². The molecule has 0 unspecified atom stereocenters. The highest BCUT2D eigenvalue weighted by molar-refractivity contribution is 7.22. The van der Waals surface area contributed by atoms with Gasteiger partial charge in [0.2, 0.25) is 5.88 Å². The van der Waals surface area contributed by atoms with Gasteiger partial charge in [0, 0.05) is 37.1 Å². The van der Waals surface area contributed by atoms with Gasteiger partial charge in [-0.1, -0.05) is 11.3 Å². The number of ether oxygens (including phenoxy) is 1. The van der Waals surface area contributed by atoms with E-state index in [0.717, 1.165) is 20.7 Å². The third kappa shape index (κ3) is 4.08. The number of carbonyl (C=O) groups is 1. The number of rotatable bonds is 2. The Labute approximate surface area is 158 Å². The molecule has 0 aliphatic carbocycles. The average molecular weight is 394 g/mol. The number of carboxylic acid groups (broad SMARTS) is 1. The second-order valence-corrected chi connectivity index (χ2v) is 6.96. The SMILES string of the molecule is COc1ncc(-c2cnn(C)c2)c2sc(N)nc12.O=C(O)N1CC[C@H](F)C1. The summed E-state index contributed by atoms with van der Waals surface area (Å²) in [6, 6.07) is 0. The number of thiazole rings is 1. The second kappa shape index (κ2) is 7.74. The molecular formula is C16H19FN6O3S. The number of nitrogen functional groups attached to an aromatic ring is 1. The molecule has 9 nitrogen and oxygen atoms in total. The number of amides is 1. The Balaban J connectivity index is 0.000000197. The predicted molar refractivity (Wildman–Crippen MR) is 99.7 cm³/mol. The molecule has 0 bridgehead atoms. The number of hydrogen-bond donors (Lipinski definition) is 2. The topological polar surface area (TPSA) is 119 Å². The van der Waals surface area contributed by atoms with E-state index in [9.17, 15) is 9.18 Å². The Kier molecular flexibility index (Phi) is 5.40. The normalized spacial score (nSPS) is 16.3. The molecule has 3 aromatic rings. The van der Waals surface area contributed by atoms with Gasteiger partial charge in [-0.3, -0.25) is 4.68 Å². The molecule has 0 spiro atoms. The smallest absolute Gasteiger partial charge is 0.407 e. The van der Waals surface area contributed by atoms with Crippen LogP contribution in [0.4, 0.5) is 14.3 Å². The van der Waals surface area contributed by atoms with Crippen LogP contribution in [0.2, 0.25) is 0 Å². The zero-order chi connectivity index (χ0) is 19.6. The summed E-state index contributed by atoms with van der Waals surface area (Å²) in [5, 5.41) is 13.0. The lowest BCUT2D eigenvalue weighted by Gasteiger charge is -2.07. The quantitative estimate of drug-likeness (QED) is 0.685. The fourth-order valence-corrected chi connectivity index (χ4v) is 3.57. The van der Waals surface area contributed by atoms with Crippen LogP contribution >= 0.6 is 11.3 Å². The second-order valence-electron chi connectivity index (χ2n) is 5.93. The third-order valence-corrected chi connectivity index (χ3v) is 4.93. The van der Waals surface area contributed by atoms with Crippen LogP contribution in [0.15, 0.2) is 18.6 Å². The standard InChI is InChI=1S/C11H11N5OS.C5H8FNO2/c1-16-5-6(3-14-16)7-4-13-10(17-2)8-9(7)18-11(12)15-8;6-4-1-2-7(3-4)5(8)9/h3-5H,1-2H3,(H2,12,15);4H,1-3H2,(H,8,9)/t;4-/m.0/s1. The number of fused-ring (bicyclic) bond motifs is 1. The van der Waals surface area contributed by atoms with E-state index in [4.69, 9.17) is 15.6 Å². The van der Waals surface area contributed by atoms with Crippen molar-refractivity contribution in [2.45, 2.75) is 12.6 Å². The van der Waals surface area contributed by atoms with Gasteiger partial charge in [-0.2, -0.15) is 5.10 Å². The zero-order valence-electron chi connectivity index (χ0n) is 14.8. The summed E-state index contributed by atoms with van der Waals surface area (Å²) in [6.07, 6.45) is 3.87. The molecule has 1 aliphatic rings. The van der Waals surface area contributed by atoms with Gasteiger partial charge in [0.1, 0.15) is 11.7 Å². The molecule has 1 amide bonds. The van der Waals surface area contributed by atoms with Gasteiger partial charge < -0.3 is 20.5 Å². The van der Waals surface area contributed by atoms with Crippen LogP contribution in [0, 0.1) is 0 Å². The molecule has 1 saturated heterocycles. The van der Waals surface area contributed by atoms with Gasteiger partial charge in [-0.05, 0) is 6.42 Å². The van der Waals surface area contributed by atoms with Crippen LogP contribution in [-0.2, 0) is 7.05 Å². The fraction of sp³-hybridized carbons (Fsp3) is 0.375. The Bertz CT molecular complexity index is 959. The summed E-state index contributed by atoms with van der Waals surface area (Å²) in [4.78, 5) is 19.7. The fourth-order valence-electron chi connectivity index (χ4n) is 2.71. The molecule has 0 radical (unpaired) electrons. The van der Waals surface area contributed by atoms with Gasteiger partial charge in [-0.25, -0.2) is 19.2 Å². The molecule has 1 aliphatic heterocycles. The van der Waals surface area contributed by atoms with Crippen molar-refractivity contribution in [3.05, 3.63) is 18.6 Å². The minimum Gasteiger partial charge on any atom is -0.479 e. The van der Waals surface area contributed by atoms with E-state index in [2.05, 4.69) is 15.1 Å². The third-order valence-electron chi connectivity index (χ3n) is 4.01. The first-order valence-electron chi connectivity index (χ1n) is 8.09. The largest absolute Gasteiger partial charge is 0.479 e. The molecule has 1 atom stereocenters. The number of anilines is 1. The molecule has 3 N–H and O–H groups in total. The van der Waals surface area contributed by atoms with E-state index in [1.165, 1.54) is 11.3 Å². The Morgan fingerprint density at radius 3 is 2.78 bits per heavy atom. The minimum absolute atomic E-state index is 0.0509. The number of alkyl halides is 1. The van der Waals surface area contributed by atoms with Crippen LogP contribution in [0.1, 0.15) is 6.42 Å². The molecule has 4 heterocycles. The van der Waals surface area contributed by atoms with Crippen molar-refractivity contribution in [3.8, 4) is 17.0 Å². The van der Waals surface area contributed by atoms with Crippen LogP contribution in [-0.4, -0.2) is 62.2 Å². The van der Waals surface area contributed by atoms with E-state index in [-0.39, 0.29) is 6.54 Å². The number of hydrogen-bond acceptors (Lipinski definition) is 7. The predicted octanol–water partition coefficient (Wildman–Crippen LogP) is 2.39. The van der Waals surface area contributed by atoms with E-state index in [0.29, 0.717) is 29.5 Å². The summed E-state index contributed by atoms with van der Waals surface area (Å²) in [7, 11) is 3.44. The lowest BCUT2D eigenvalue weighted by Crippen LogP contribution is -2.26. The molecular weight excluding hydrogens is 375 g/mol. The summed E-state index contributed by atoms with van der Waals surface area (Å²) < 4.78 is 20.1. The summed E-state index contributed by atoms with van der Waals surface area (Å²) in [5.74, 6) is 0.491. The zero-order valence-corrected chi connectivity index (χ0v) is 15.6. The molecule has 11 heteroatoms. The summed E-state index contributed by atoms with van der Waals surface area (Å²) >= 11 is 1.42. The van der Waals surface area contributed by atoms with E-state index >= 15 is 0 Å². The maximum atomic E-state index is 12.2. The number of pyridine rings is 1. The van der Waals surface area contributed by atoms with Gasteiger partial charge in [-0.15, -0.1) is 0 Å². The minimum atomic E-state index is -1.02. The van der Waals surface area contributed by atoms with Crippen molar-refractivity contribution in [3.63, 3.8) is 0 Å². The Morgan fingerprint density at radius 1 is 1.48 bits per heavy atom. The lowest BCUT2D eigenvalue weighted by atomic mass is 10.1. The number of aryl methyl sites for hydroxylation is 1. The number of likely N-dealkylation sites (tertiary alicyclic amines) is 1. The highest BCUT2D eigenvalue weighted by atomic mass is 32.1.